The van der Waals surface area contributed by atoms with E-state index in [4.69, 9.17) is 4.74 Å². The molecule has 2 fully saturated rings. The number of rotatable bonds is 5. The quantitative estimate of drug-likeness (QED) is 0.772. The van der Waals surface area contributed by atoms with E-state index in [2.05, 4.69) is 4.90 Å². The number of hydrogen-bond acceptors (Lipinski definition) is 4. The van der Waals surface area contributed by atoms with Crippen LogP contribution in [-0.2, 0) is 0 Å². The van der Waals surface area contributed by atoms with Gasteiger partial charge in [0.05, 0.1) is 6.10 Å². The normalized spacial score (nSPS) is 25.4. The molecule has 2 atom stereocenters. The van der Waals surface area contributed by atoms with Gasteiger partial charge in [-0.3, -0.25) is 4.90 Å². The van der Waals surface area contributed by atoms with Gasteiger partial charge in [-0.1, -0.05) is 12.1 Å². The van der Waals surface area contributed by atoms with Crippen molar-refractivity contribution in [1.82, 2.24) is 4.90 Å². The highest BCUT2D eigenvalue weighted by Gasteiger charge is 2.41. The third-order valence-corrected chi connectivity index (χ3v) is 6.58. The van der Waals surface area contributed by atoms with Crippen LogP contribution in [0.1, 0.15) is 18.4 Å². The van der Waals surface area contributed by atoms with Gasteiger partial charge in [-0.05, 0) is 67.5 Å². The minimum absolute atomic E-state index is 0.133. The molecule has 1 heterocycles. The molecule has 1 saturated carbocycles. The number of aryl methyl sites for hydroxylation is 1. The van der Waals surface area contributed by atoms with Gasteiger partial charge in [0.2, 0.25) is 0 Å². The molecular formula is C21H24FNO2S. The van der Waals surface area contributed by atoms with Crippen molar-refractivity contribution in [1.29, 1.82) is 0 Å². The summed E-state index contributed by atoms with van der Waals surface area (Å²) in [4.78, 5) is 3.67. The molecule has 0 aromatic heterocycles. The number of halogens is 1. The lowest BCUT2D eigenvalue weighted by atomic mass is 10.0. The van der Waals surface area contributed by atoms with Gasteiger partial charge in [0.15, 0.2) is 11.6 Å². The maximum atomic E-state index is 14.1. The minimum Gasteiger partial charge on any atom is -0.508 e. The highest BCUT2D eigenvalue weighted by Crippen LogP contribution is 2.41. The molecule has 0 spiro atoms. The second-order valence-electron chi connectivity index (χ2n) is 7.42. The second-order valence-corrected chi connectivity index (χ2v) is 8.44. The Labute approximate surface area is 158 Å². The zero-order valence-corrected chi connectivity index (χ0v) is 15.7. The standard InChI is InChI=1S/C21H24FNO2S/c1-14-3-2-4-20(21(14)22)25-18-9-15-11-23(12-16(15)10-18)13-26-19-7-5-17(24)6-8-19/h2-8,15-16,18,24H,9-13H2,1H3. The average Bonchev–Trinajstić information content (AvgIpc) is 3.16. The monoisotopic (exact) mass is 373 g/mol. The summed E-state index contributed by atoms with van der Waals surface area (Å²) >= 11 is 1.81. The number of ether oxygens (including phenoxy) is 1. The summed E-state index contributed by atoms with van der Waals surface area (Å²) in [6, 6.07) is 12.7. The van der Waals surface area contributed by atoms with Crippen LogP contribution >= 0.6 is 11.8 Å². The van der Waals surface area contributed by atoms with Gasteiger partial charge >= 0.3 is 0 Å². The van der Waals surface area contributed by atoms with Crippen LogP contribution in [0.4, 0.5) is 4.39 Å². The molecule has 1 N–H and O–H groups in total. The third-order valence-electron chi connectivity index (χ3n) is 5.48. The van der Waals surface area contributed by atoms with E-state index >= 15 is 0 Å². The summed E-state index contributed by atoms with van der Waals surface area (Å²) < 4.78 is 20.1. The van der Waals surface area contributed by atoms with Gasteiger partial charge in [-0.2, -0.15) is 0 Å². The highest BCUT2D eigenvalue weighted by molar-refractivity contribution is 7.99. The van der Waals surface area contributed by atoms with Crippen LogP contribution < -0.4 is 4.74 Å². The Morgan fingerprint density at radius 2 is 1.81 bits per heavy atom. The van der Waals surface area contributed by atoms with Crippen LogP contribution in [0.5, 0.6) is 11.5 Å². The predicted octanol–water partition coefficient (Wildman–Crippen LogP) is 4.68. The molecule has 26 heavy (non-hydrogen) atoms. The first kappa shape index (κ1) is 17.7. The molecule has 2 aromatic carbocycles. The lowest BCUT2D eigenvalue weighted by Gasteiger charge is -2.20. The van der Waals surface area contributed by atoms with E-state index in [0.717, 1.165) is 31.8 Å². The van der Waals surface area contributed by atoms with Gasteiger partial charge in [0.25, 0.3) is 0 Å². The first-order valence-electron chi connectivity index (χ1n) is 9.14. The number of phenols is 1. The fraction of sp³-hybridized carbons (Fsp3) is 0.429. The molecule has 2 aromatic rings. The molecule has 1 aliphatic heterocycles. The lowest BCUT2D eigenvalue weighted by molar-refractivity contribution is 0.181. The van der Waals surface area contributed by atoms with E-state index in [1.54, 1.807) is 43.0 Å². The summed E-state index contributed by atoms with van der Waals surface area (Å²) in [6.07, 6.45) is 2.16. The van der Waals surface area contributed by atoms with Gasteiger partial charge < -0.3 is 9.84 Å². The Hall–Kier alpha value is -1.72. The first-order chi connectivity index (χ1) is 12.6. The summed E-state index contributed by atoms with van der Waals surface area (Å²) in [5, 5.41) is 9.35. The van der Waals surface area contributed by atoms with E-state index in [9.17, 15) is 9.50 Å². The maximum Gasteiger partial charge on any atom is 0.167 e. The zero-order chi connectivity index (χ0) is 18.1. The summed E-state index contributed by atoms with van der Waals surface area (Å²) in [6.45, 7) is 3.95. The van der Waals surface area contributed by atoms with Gasteiger partial charge in [-0.25, -0.2) is 4.39 Å². The molecule has 2 aliphatic rings. The number of phenolic OH excluding ortho intramolecular Hbond substituents is 1. The topological polar surface area (TPSA) is 32.7 Å². The van der Waals surface area contributed by atoms with Gasteiger partial charge in [0.1, 0.15) is 5.75 Å². The molecule has 0 amide bonds. The molecule has 0 bridgehead atoms. The summed E-state index contributed by atoms with van der Waals surface area (Å²) in [7, 11) is 0. The number of benzene rings is 2. The van der Waals surface area contributed by atoms with Crippen molar-refractivity contribution in [3.8, 4) is 11.5 Å². The van der Waals surface area contributed by atoms with Crippen molar-refractivity contribution in [2.24, 2.45) is 11.8 Å². The minimum atomic E-state index is -0.225. The Bertz CT molecular complexity index is 753. The number of hydrogen-bond donors (Lipinski definition) is 1. The van der Waals surface area contributed by atoms with Crippen LogP contribution in [0.2, 0.25) is 0 Å². The summed E-state index contributed by atoms with van der Waals surface area (Å²) in [5.74, 6) is 2.74. The molecule has 4 rings (SSSR count). The van der Waals surface area contributed by atoms with E-state index in [1.807, 2.05) is 18.2 Å². The van der Waals surface area contributed by atoms with Crippen LogP contribution in [0.3, 0.4) is 0 Å². The van der Waals surface area contributed by atoms with E-state index < -0.39 is 0 Å². The van der Waals surface area contributed by atoms with Crippen molar-refractivity contribution < 1.29 is 14.2 Å². The molecular weight excluding hydrogens is 349 g/mol. The van der Waals surface area contributed by atoms with Crippen molar-refractivity contribution in [2.45, 2.75) is 30.8 Å². The smallest absolute Gasteiger partial charge is 0.167 e. The maximum absolute atomic E-state index is 14.1. The van der Waals surface area contributed by atoms with Crippen molar-refractivity contribution >= 4 is 11.8 Å². The Morgan fingerprint density at radius 1 is 1.12 bits per heavy atom. The van der Waals surface area contributed by atoms with E-state index in [1.165, 1.54) is 4.90 Å². The highest BCUT2D eigenvalue weighted by atomic mass is 32.2. The van der Waals surface area contributed by atoms with E-state index in [-0.39, 0.29) is 11.9 Å². The zero-order valence-electron chi connectivity index (χ0n) is 14.9. The van der Waals surface area contributed by atoms with Crippen LogP contribution in [-0.4, -0.2) is 35.1 Å². The fourth-order valence-electron chi connectivity index (χ4n) is 4.14. The van der Waals surface area contributed by atoms with Crippen LogP contribution in [0.15, 0.2) is 47.4 Å². The Kier molecular flexibility index (Phi) is 5.09. The molecule has 5 heteroatoms. The molecule has 1 aliphatic carbocycles. The fourth-order valence-corrected chi connectivity index (χ4v) is 5.01. The predicted molar refractivity (Wildman–Crippen MR) is 102 cm³/mol. The third kappa shape index (κ3) is 3.84. The largest absolute Gasteiger partial charge is 0.508 e. The van der Waals surface area contributed by atoms with Crippen molar-refractivity contribution in [3.05, 3.63) is 53.8 Å². The Balaban J connectivity index is 1.27. The number of aromatic hydroxyl groups is 1. The molecule has 0 radical (unpaired) electrons. The summed E-state index contributed by atoms with van der Waals surface area (Å²) in [5.41, 5.74) is 0.637. The molecule has 138 valence electrons. The second kappa shape index (κ2) is 7.49. The Morgan fingerprint density at radius 3 is 2.50 bits per heavy atom. The van der Waals surface area contributed by atoms with Crippen LogP contribution in [0, 0.1) is 24.6 Å². The number of fused-ring (bicyclic) bond motifs is 1. The van der Waals surface area contributed by atoms with Gasteiger partial charge in [0, 0.05) is 23.9 Å². The number of nitrogens with zero attached hydrogens (tertiary/aromatic N) is 1. The lowest BCUT2D eigenvalue weighted by Crippen LogP contribution is -2.24. The molecule has 1 saturated heterocycles. The molecule has 3 nitrogen and oxygen atoms in total. The SMILES string of the molecule is Cc1cccc(OC2CC3CN(CSc4ccc(O)cc4)CC3C2)c1F. The molecule has 2 unspecified atom stereocenters. The van der Waals surface area contributed by atoms with Gasteiger partial charge in [-0.15, -0.1) is 11.8 Å². The van der Waals surface area contributed by atoms with Crippen LogP contribution in [0.25, 0.3) is 0 Å². The van der Waals surface area contributed by atoms with Crippen molar-refractivity contribution in [3.63, 3.8) is 0 Å². The van der Waals surface area contributed by atoms with Crippen molar-refractivity contribution in [2.75, 3.05) is 19.0 Å². The average molecular weight is 373 g/mol. The van der Waals surface area contributed by atoms with E-state index in [0.29, 0.717) is 28.9 Å². The first-order valence-corrected chi connectivity index (χ1v) is 10.1. The number of thioether (sulfide) groups is 1. The number of likely N-dealkylation sites (tertiary alicyclic amines) is 1.